The minimum absolute atomic E-state index is 0.0596. The molecule has 0 saturated heterocycles. The van der Waals surface area contributed by atoms with Gasteiger partial charge < -0.3 is 10.2 Å². The fraction of sp³-hybridized carbons (Fsp3) is 0.394. The van der Waals surface area contributed by atoms with E-state index in [-0.39, 0.29) is 43.7 Å². The highest BCUT2D eigenvalue weighted by molar-refractivity contribution is 7.92. The fourth-order valence-corrected chi connectivity index (χ4v) is 5.97. The maximum Gasteiger partial charge on any atom is 0.243 e. The molecule has 3 rings (SSSR count). The molecule has 7 nitrogen and oxygen atoms in total. The van der Waals surface area contributed by atoms with Crippen molar-refractivity contribution in [1.82, 2.24) is 10.2 Å². The predicted molar refractivity (Wildman–Crippen MR) is 171 cm³/mol. The Kier molecular flexibility index (Phi) is 12.0. The topological polar surface area (TPSA) is 86.8 Å². The summed E-state index contributed by atoms with van der Waals surface area (Å²) in [7, 11) is -3.59. The quantitative estimate of drug-likeness (QED) is 0.245. The van der Waals surface area contributed by atoms with Crippen LogP contribution >= 0.6 is 11.6 Å². The number of carbonyl (C=O) groups is 2. The van der Waals surface area contributed by atoms with E-state index < -0.39 is 16.1 Å². The summed E-state index contributed by atoms with van der Waals surface area (Å²) in [6.45, 7) is 8.59. The summed E-state index contributed by atoms with van der Waals surface area (Å²) in [6.07, 6.45) is 1.85. The van der Waals surface area contributed by atoms with Gasteiger partial charge in [-0.05, 0) is 60.6 Å². The molecule has 1 N–H and O–H groups in total. The van der Waals surface area contributed by atoms with Gasteiger partial charge in [0.2, 0.25) is 21.8 Å². The van der Waals surface area contributed by atoms with Gasteiger partial charge in [-0.1, -0.05) is 86.1 Å². The first kappa shape index (κ1) is 33.1. The summed E-state index contributed by atoms with van der Waals surface area (Å²) < 4.78 is 26.9. The van der Waals surface area contributed by atoms with E-state index in [1.807, 2.05) is 94.4 Å². The molecule has 0 radical (unpaired) electrons. The number of nitrogens with one attached hydrogen (secondary N) is 1. The summed E-state index contributed by atoms with van der Waals surface area (Å²) in [5.74, 6) is -0.239. The molecular formula is C33H42ClN3O4S. The van der Waals surface area contributed by atoms with Crippen molar-refractivity contribution in [2.24, 2.45) is 5.92 Å². The van der Waals surface area contributed by atoms with E-state index in [1.54, 1.807) is 11.0 Å². The van der Waals surface area contributed by atoms with Gasteiger partial charge in [0.15, 0.2) is 0 Å². The van der Waals surface area contributed by atoms with Crippen molar-refractivity contribution in [2.45, 2.75) is 59.5 Å². The molecule has 9 heteroatoms. The van der Waals surface area contributed by atoms with Crippen molar-refractivity contribution < 1.29 is 18.0 Å². The lowest BCUT2D eigenvalue weighted by Gasteiger charge is -2.32. The zero-order valence-electron chi connectivity index (χ0n) is 25.1. The van der Waals surface area contributed by atoms with Crippen LogP contribution in [0.2, 0.25) is 5.02 Å². The van der Waals surface area contributed by atoms with Crippen molar-refractivity contribution >= 4 is 39.1 Å². The van der Waals surface area contributed by atoms with E-state index in [2.05, 4.69) is 5.32 Å². The molecule has 0 bridgehead atoms. The van der Waals surface area contributed by atoms with Gasteiger partial charge in [-0.2, -0.15) is 0 Å². The summed E-state index contributed by atoms with van der Waals surface area (Å²) in [5.41, 5.74) is 4.05. The van der Waals surface area contributed by atoms with Crippen molar-refractivity contribution in [2.75, 3.05) is 23.7 Å². The number of hydrogen-bond acceptors (Lipinski definition) is 4. The molecule has 2 amide bonds. The van der Waals surface area contributed by atoms with E-state index in [4.69, 9.17) is 11.6 Å². The molecule has 42 heavy (non-hydrogen) atoms. The standard InChI is InChI=1S/C33H42ClN3O4S/c1-24(2)22-35-33(39)31(21-27-12-7-6-8-13-27)36(23-28-14-9-10-15-29(28)34)32(38)16-11-19-37(42(5,40)41)30-20-25(3)17-18-26(30)4/h6-10,12-15,17-18,20,24,31H,11,16,19,21-23H2,1-5H3,(H,35,39)/t31-/m1/s1. The number of benzene rings is 3. The average Bonchev–Trinajstić information content (AvgIpc) is 2.94. The smallest absolute Gasteiger partial charge is 0.243 e. The zero-order valence-corrected chi connectivity index (χ0v) is 26.7. The monoisotopic (exact) mass is 611 g/mol. The Bertz CT molecular complexity index is 1460. The number of sulfonamides is 1. The second-order valence-corrected chi connectivity index (χ2v) is 13.5. The van der Waals surface area contributed by atoms with E-state index in [1.165, 1.54) is 10.6 Å². The van der Waals surface area contributed by atoms with Gasteiger partial charge in [0.25, 0.3) is 0 Å². The van der Waals surface area contributed by atoms with Gasteiger partial charge >= 0.3 is 0 Å². The molecule has 1 atom stereocenters. The number of amides is 2. The second kappa shape index (κ2) is 15.2. The molecule has 0 saturated carbocycles. The number of hydrogen-bond donors (Lipinski definition) is 1. The number of anilines is 1. The van der Waals surface area contributed by atoms with Crippen molar-refractivity contribution in [3.8, 4) is 0 Å². The molecule has 3 aromatic carbocycles. The molecule has 0 aliphatic heterocycles. The van der Waals surface area contributed by atoms with E-state index >= 15 is 0 Å². The lowest BCUT2D eigenvalue weighted by Crippen LogP contribution is -2.51. The van der Waals surface area contributed by atoms with Crippen molar-refractivity contribution in [1.29, 1.82) is 0 Å². The summed E-state index contributed by atoms with van der Waals surface area (Å²) in [5, 5.41) is 3.52. The van der Waals surface area contributed by atoms with Crippen molar-refractivity contribution in [3.05, 3.63) is 100 Å². The van der Waals surface area contributed by atoms with Gasteiger partial charge in [0, 0.05) is 37.5 Å². The number of carbonyl (C=O) groups excluding carboxylic acids is 2. The molecule has 0 aliphatic rings. The average molecular weight is 612 g/mol. The molecule has 0 unspecified atom stereocenters. The van der Waals surface area contributed by atoms with Crippen LogP contribution in [0, 0.1) is 19.8 Å². The highest BCUT2D eigenvalue weighted by Gasteiger charge is 2.31. The third-order valence-corrected chi connectivity index (χ3v) is 8.59. The molecule has 0 aromatic heterocycles. The third-order valence-electron chi connectivity index (χ3n) is 7.04. The Labute approximate surface area is 255 Å². The number of nitrogens with zero attached hydrogens (tertiary/aromatic N) is 2. The fourth-order valence-electron chi connectivity index (χ4n) is 4.76. The van der Waals surface area contributed by atoms with Crippen LogP contribution in [0.5, 0.6) is 0 Å². The summed E-state index contributed by atoms with van der Waals surface area (Å²) >= 11 is 6.50. The first-order valence-corrected chi connectivity index (χ1v) is 16.5. The lowest BCUT2D eigenvalue weighted by molar-refractivity contribution is -0.141. The first-order valence-electron chi connectivity index (χ1n) is 14.3. The van der Waals surface area contributed by atoms with Gasteiger partial charge in [-0.15, -0.1) is 0 Å². The number of aryl methyl sites for hydroxylation is 2. The Morgan fingerprint density at radius 2 is 1.62 bits per heavy atom. The summed E-state index contributed by atoms with van der Waals surface area (Å²) in [4.78, 5) is 29.2. The minimum atomic E-state index is -3.59. The Hall–Kier alpha value is -3.36. The molecule has 226 valence electrons. The first-order chi connectivity index (χ1) is 19.9. The SMILES string of the molecule is Cc1ccc(C)c(N(CCCC(=O)N(Cc2ccccc2Cl)[C@H](Cc2ccccc2)C(=O)NCC(C)C)S(C)(=O)=O)c1. The number of rotatable bonds is 14. The lowest BCUT2D eigenvalue weighted by atomic mass is 10.0. The normalized spacial score (nSPS) is 12.2. The summed E-state index contributed by atoms with van der Waals surface area (Å²) in [6, 6.07) is 21.8. The number of halogens is 1. The van der Waals surface area contributed by atoms with Gasteiger partial charge in [-0.25, -0.2) is 8.42 Å². The molecule has 0 aliphatic carbocycles. The Morgan fingerprint density at radius 3 is 2.26 bits per heavy atom. The van der Waals surface area contributed by atoms with Crippen LogP contribution in [0.15, 0.2) is 72.8 Å². The second-order valence-electron chi connectivity index (χ2n) is 11.2. The molecule has 0 fully saturated rings. The van der Waals surface area contributed by atoms with Gasteiger partial charge in [0.1, 0.15) is 6.04 Å². The molecular weight excluding hydrogens is 570 g/mol. The third kappa shape index (κ3) is 9.60. The zero-order chi connectivity index (χ0) is 30.9. The van der Waals surface area contributed by atoms with Gasteiger partial charge in [0.05, 0.1) is 11.9 Å². The Morgan fingerprint density at radius 1 is 0.952 bits per heavy atom. The van der Waals surface area contributed by atoms with E-state index in [0.717, 1.165) is 22.3 Å². The highest BCUT2D eigenvalue weighted by Crippen LogP contribution is 2.25. The minimum Gasteiger partial charge on any atom is -0.354 e. The van der Waals surface area contributed by atoms with Crippen LogP contribution in [0.25, 0.3) is 0 Å². The highest BCUT2D eigenvalue weighted by atomic mass is 35.5. The molecule has 3 aromatic rings. The van der Waals surface area contributed by atoms with Crippen LogP contribution in [-0.4, -0.2) is 50.5 Å². The van der Waals surface area contributed by atoms with E-state index in [0.29, 0.717) is 23.7 Å². The predicted octanol–water partition coefficient (Wildman–Crippen LogP) is 5.92. The van der Waals surface area contributed by atoms with Gasteiger partial charge in [-0.3, -0.25) is 13.9 Å². The maximum atomic E-state index is 14.0. The maximum absolute atomic E-state index is 14.0. The van der Waals surface area contributed by atoms with Crippen LogP contribution in [0.3, 0.4) is 0 Å². The molecule has 0 spiro atoms. The Balaban J connectivity index is 1.91. The molecule has 0 heterocycles. The van der Waals surface area contributed by atoms with Crippen molar-refractivity contribution in [3.63, 3.8) is 0 Å². The van der Waals surface area contributed by atoms with Crippen LogP contribution in [-0.2, 0) is 32.6 Å². The van der Waals surface area contributed by atoms with E-state index in [9.17, 15) is 18.0 Å². The van der Waals surface area contributed by atoms with Crippen LogP contribution in [0.1, 0.15) is 48.9 Å². The van der Waals surface area contributed by atoms with Crippen LogP contribution in [0.4, 0.5) is 5.69 Å². The van der Waals surface area contributed by atoms with Crippen LogP contribution < -0.4 is 9.62 Å². The largest absolute Gasteiger partial charge is 0.354 e.